The van der Waals surface area contributed by atoms with E-state index in [0.717, 1.165) is 12.1 Å². The molecule has 1 N–H and O–H groups in total. The number of amides is 1. The number of hydrogen-bond donors (Lipinski definition) is 1. The van der Waals surface area contributed by atoms with Gasteiger partial charge < -0.3 is 10.0 Å². The van der Waals surface area contributed by atoms with Gasteiger partial charge in [-0.15, -0.1) is 0 Å². The summed E-state index contributed by atoms with van der Waals surface area (Å²) in [7, 11) is 0. The highest BCUT2D eigenvalue weighted by Gasteiger charge is 2.29. The van der Waals surface area contributed by atoms with Gasteiger partial charge in [0, 0.05) is 31.1 Å². The zero-order valence-corrected chi connectivity index (χ0v) is 11.0. The highest BCUT2D eigenvalue weighted by Crippen LogP contribution is 2.24. The molecule has 1 aromatic rings. The molecule has 1 atom stereocenters. The number of carboxylic acid groups (broad SMARTS) is 1. The molecule has 0 aromatic heterocycles. The highest BCUT2D eigenvalue weighted by atomic mass is 19.1. The maximum Gasteiger partial charge on any atom is 0.305 e. The summed E-state index contributed by atoms with van der Waals surface area (Å²) in [5.41, 5.74) is -0.721. The smallest absolute Gasteiger partial charge is 0.305 e. The number of halogens is 1. The van der Waals surface area contributed by atoms with Crippen molar-refractivity contribution in [3.8, 4) is 0 Å². The molecular formula is C13H13FN2O5. The van der Waals surface area contributed by atoms with E-state index in [1.54, 1.807) is 0 Å². The molecule has 1 aliphatic heterocycles. The van der Waals surface area contributed by atoms with E-state index < -0.39 is 28.3 Å². The van der Waals surface area contributed by atoms with Gasteiger partial charge in [0.2, 0.25) is 5.82 Å². The fourth-order valence-corrected chi connectivity index (χ4v) is 2.40. The van der Waals surface area contributed by atoms with Crippen LogP contribution in [-0.2, 0) is 4.79 Å². The van der Waals surface area contributed by atoms with E-state index in [0.29, 0.717) is 13.0 Å². The van der Waals surface area contributed by atoms with E-state index >= 15 is 0 Å². The van der Waals surface area contributed by atoms with E-state index in [4.69, 9.17) is 5.11 Å². The molecule has 8 heteroatoms. The van der Waals surface area contributed by atoms with Crippen LogP contribution < -0.4 is 0 Å². The van der Waals surface area contributed by atoms with Gasteiger partial charge in [0.05, 0.1) is 4.92 Å². The lowest BCUT2D eigenvalue weighted by molar-refractivity contribution is -0.387. The largest absolute Gasteiger partial charge is 0.481 e. The normalized spacial score (nSPS) is 17.8. The molecule has 112 valence electrons. The second-order valence-electron chi connectivity index (χ2n) is 4.93. The van der Waals surface area contributed by atoms with E-state index in [9.17, 15) is 24.1 Å². The third-order valence-corrected chi connectivity index (χ3v) is 3.43. The number of carbonyl (C=O) groups excluding carboxylic acids is 1. The minimum atomic E-state index is -0.998. The summed E-state index contributed by atoms with van der Waals surface area (Å²) in [5.74, 6) is -2.50. The first kappa shape index (κ1) is 14.9. The number of hydrogen-bond acceptors (Lipinski definition) is 4. The Labute approximate surface area is 119 Å². The van der Waals surface area contributed by atoms with Gasteiger partial charge in [-0.3, -0.25) is 19.7 Å². The van der Waals surface area contributed by atoms with Crippen molar-refractivity contribution in [2.75, 3.05) is 13.1 Å². The Morgan fingerprint density at radius 2 is 2.19 bits per heavy atom. The molecule has 7 nitrogen and oxygen atoms in total. The van der Waals surface area contributed by atoms with Crippen LogP contribution in [0.25, 0.3) is 0 Å². The number of benzene rings is 1. The Hall–Kier alpha value is -2.51. The van der Waals surface area contributed by atoms with Gasteiger partial charge in [0.1, 0.15) is 0 Å². The Bertz CT molecular complexity index is 604. The van der Waals surface area contributed by atoms with Crippen LogP contribution >= 0.6 is 0 Å². The van der Waals surface area contributed by atoms with E-state index in [1.165, 1.54) is 11.0 Å². The third kappa shape index (κ3) is 3.33. The van der Waals surface area contributed by atoms with Crippen LogP contribution in [0.15, 0.2) is 18.2 Å². The molecule has 1 aromatic carbocycles. The third-order valence-electron chi connectivity index (χ3n) is 3.43. The van der Waals surface area contributed by atoms with Crippen LogP contribution in [0.5, 0.6) is 0 Å². The number of carboxylic acids is 1. The first-order valence-corrected chi connectivity index (χ1v) is 6.33. The molecule has 21 heavy (non-hydrogen) atoms. The number of nitrogens with zero attached hydrogens (tertiary/aromatic N) is 2. The lowest BCUT2D eigenvalue weighted by atomic mass is 10.1. The predicted molar refractivity (Wildman–Crippen MR) is 69.3 cm³/mol. The molecule has 1 saturated heterocycles. The average Bonchev–Trinajstić information content (AvgIpc) is 2.85. The molecular weight excluding hydrogens is 283 g/mol. The monoisotopic (exact) mass is 296 g/mol. The number of aliphatic carboxylic acids is 1. The minimum Gasteiger partial charge on any atom is -0.481 e. The summed E-state index contributed by atoms with van der Waals surface area (Å²) in [6.07, 6.45) is 0.550. The van der Waals surface area contributed by atoms with Crippen LogP contribution in [0.1, 0.15) is 23.2 Å². The molecule has 0 bridgehead atoms. The number of nitro groups is 1. The summed E-state index contributed by atoms with van der Waals surface area (Å²) in [6, 6.07) is 2.98. The summed E-state index contributed by atoms with van der Waals surface area (Å²) in [4.78, 5) is 34.1. The molecule has 0 aliphatic carbocycles. The van der Waals surface area contributed by atoms with Gasteiger partial charge in [0.25, 0.3) is 5.91 Å². The number of rotatable bonds is 4. The first-order chi connectivity index (χ1) is 9.88. The second kappa shape index (κ2) is 5.86. The molecule has 1 aliphatic rings. The van der Waals surface area contributed by atoms with Gasteiger partial charge in [0.15, 0.2) is 0 Å². The SMILES string of the molecule is O=C(O)CC1CCN(C(=O)c2ccc(F)c([N+](=O)[O-])c2)C1. The van der Waals surface area contributed by atoms with Crippen LogP contribution in [0.3, 0.4) is 0 Å². The lowest BCUT2D eigenvalue weighted by Gasteiger charge is -2.16. The van der Waals surface area contributed by atoms with E-state index in [2.05, 4.69) is 0 Å². The molecule has 0 radical (unpaired) electrons. The van der Waals surface area contributed by atoms with Crippen LogP contribution in [0, 0.1) is 21.8 Å². The van der Waals surface area contributed by atoms with Crippen molar-refractivity contribution in [3.63, 3.8) is 0 Å². The van der Waals surface area contributed by atoms with Crippen LogP contribution in [0.4, 0.5) is 10.1 Å². The molecule has 1 unspecified atom stereocenters. The molecule has 0 saturated carbocycles. The van der Waals surface area contributed by atoms with Crippen LogP contribution in [0.2, 0.25) is 0 Å². The molecule has 1 amide bonds. The molecule has 1 heterocycles. The van der Waals surface area contributed by atoms with Crippen molar-refractivity contribution in [1.29, 1.82) is 0 Å². The Morgan fingerprint density at radius 1 is 1.48 bits per heavy atom. The maximum atomic E-state index is 13.2. The topological polar surface area (TPSA) is 101 Å². The predicted octanol–water partition coefficient (Wildman–Crippen LogP) is 1.67. The molecule has 1 fully saturated rings. The number of nitro benzene ring substituents is 1. The number of carbonyl (C=O) groups is 2. The Balaban J connectivity index is 2.12. The fourth-order valence-electron chi connectivity index (χ4n) is 2.40. The maximum absolute atomic E-state index is 13.2. The Kier molecular flexibility index (Phi) is 4.15. The molecule has 2 rings (SSSR count). The van der Waals surface area contributed by atoms with Gasteiger partial charge in [-0.2, -0.15) is 4.39 Å². The summed E-state index contributed by atoms with van der Waals surface area (Å²) in [6.45, 7) is 0.679. The van der Waals surface area contributed by atoms with Gasteiger partial charge in [-0.25, -0.2) is 0 Å². The molecule has 0 spiro atoms. The summed E-state index contributed by atoms with van der Waals surface area (Å²) < 4.78 is 13.2. The summed E-state index contributed by atoms with van der Waals surface area (Å²) >= 11 is 0. The van der Waals surface area contributed by atoms with Crippen molar-refractivity contribution < 1.29 is 24.0 Å². The average molecular weight is 296 g/mol. The van der Waals surface area contributed by atoms with Crippen molar-refractivity contribution in [1.82, 2.24) is 4.90 Å². The van der Waals surface area contributed by atoms with E-state index in [1.807, 2.05) is 0 Å². The van der Waals surface area contributed by atoms with Crippen LogP contribution in [-0.4, -0.2) is 39.9 Å². The quantitative estimate of drug-likeness (QED) is 0.672. The van der Waals surface area contributed by atoms with Gasteiger partial charge in [-0.1, -0.05) is 0 Å². The summed E-state index contributed by atoms with van der Waals surface area (Å²) in [5, 5.41) is 19.4. The first-order valence-electron chi connectivity index (χ1n) is 6.33. The van der Waals surface area contributed by atoms with Crippen molar-refractivity contribution in [2.45, 2.75) is 12.8 Å². The zero-order chi connectivity index (χ0) is 15.6. The lowest BCUT2D eigenvalue weighted by Crippen LogP contribution is -2.29. The standard InChI is InChI=1S/C13H13FN2O5/c14-10-2-1-9(6-11(10)16(20)21)13(19)15-4-3-8(7-15)5-12(17)18/h1-2,6,8H,3-5,7H2,(H,17,18). The highest BCUT2D eigenvalue weighted by molar-refractivity contribution is 5.95. The second-order valence-corrected chi connectivity index (χ2v) is 4.93. The van der Waals surface area contributed by atoms with Crippen molar-refractivity contribution in [3.05, 3.63) is 39.7 Å². The fraction of sp³-hybridized carbons (Fsp3) is 0.385. The Morgan fingerprint density at radius 3 is 2.81 bits per heavy atom. The van der Waals surface area contributed by atoms with Gasteiger partial charge >= 0.3 is 11.7 Å². The van der Waals surface area contributed by atoms with E-state index in [-0.39, 0.29) is 24.4 Å². The zero-order valence-electron chi connectivity index (χ0n) is 11.0. The van der Waals surface area contributed by atoms with Crippen molar-refractivity contribution >= 4 is 17.6 Å². The van der Waals surface area contributed by atoms with Gasteiger partial charge in [-0.05, 0) is 24.5 Å². The number of likely N-dealkylation sites (tertiary alicyclic amines) is 1. The van der Waals surface area contributed by atoms with Crippen molar-refractivity contribution in [2.24, 2.45) is 5.92 Å². The minimum absolute atomic E-state index is 0.0205.